The Hall–Kier alpha value is -2.93. The van der Waals surface area contributed by atoms with Gasteiger partial charge in [-0.2, -0.15) is 0 Å². The molecule has 2 aromatic carbocycles. The number of fused-ring (bicyclic) bond motifs is 1. The first-order valence-electron chi connectivity index (χ1n) is 6.52. The summed E-state index contributed by atoms with van der Waals surface area (Å²) in [5.74, 6) is 3.48. The SMILES string of the molecule is C#Cc1cccc(NC(=O)C2COc3ccccc3O2)c1. The average Bonchev–Trinajstić information content (AvgIpc) is 2.54. The van der Waals surface area contributed by atoms with Gasteiger partial charge in [0.15, 0.2) is 11.5 Å². The lowest BCUT2D eigenvalue weighted by molar-refractivity contribution is -0.125. The second-order valence-corrected chi connectivity index (χ2v) is 4.58. The van der Waals surface area contributed by atoms with E-state index >= 15 is 0 Å². The normalized spacial score (nSPS) is 15.9. The number of hydrogen-bond donors (Lipinski definition) is 1. The molecule has 0 radical (unpaired) electrons. The van der Waals surface area contributed by atoms with Crippen LogP contribution in [0, 0.1) is 12.3 Å². The molecule has 104 valence electrons. The predicted molar refractivity (Wildman–Crippen MR) is 79.4 cm³/mol. The number of hydrogen-bond acceptors (Lipinski definition) is 3. The van der Waals surface area contributed by atoms with Crippen molar-refractivity contribution in [3.8, 4) is 23.8 Å². The minimum absolute atomic E-state index is 0.178. The topological polar surface area (TPSA) is 47.6 Å². The van der Waals surface area contributed by atoms with Crippen molar-refractivity contribution < 1.29 is 14.3 Å². The highest BCUT2D eigenvalue weighted by atomic mass is 16.6. The van der Waals surface area contributed by atoms with E-state index in [4.69, 9.17) is 15.9 Å². The van der Waals surface area contributed by atoms with Crippen LogP contribution >= 0.6 is 0 Å². The summed E-state index contributed by atoms with van der Waals surface area (Å²) < 4.78 is 11.2. The fourth-order valence-corrected chi connectivity index (χ4v) is 2.06. The maximum absolute atomic E-state index is 12.2. The molecule has 0 aliphatic carbocycles. The Kier molecular flexibility index (Phi) is 3.48. The number of amides is 1. The number of terminal acetylenes is 1. The second-order valence-electron chi connectivity index (χ2n) is 4.58. The van der Waals surface area contributed by atoms with Crippen LogP contribution < -0.4 is 14.8 Å². The number of anilines is 1. The Bertz CT molecular complexity index is 718. The van der Waals surface area contributed by atoms with Crippen LogP contribution in [0.4, 0.5) is 5.69 Å². The first-order chi connectivity index (χ1) is 10.3. The fraction of sp³-hybridized carbons (Fsp3) is 0.118. The number of ether oxygens (including phenoxy) is 2. The lowest BCUT2D eigenvalue weighted by atomic mass is 10.2. The summed E-state index contributed by atoms with van der Waals surface area (Å²) in [4.78, 5) is 12.2. The highest BCUT2D eigenvalue weighted by Crippen LogP contribution is 2.31. The molecule has 3 rings (SSSR count). The third kappa shape index (κ3) is 2.82. The maximum atomic E-state index is 12.2. The second kappa shape index (κ2) is 5.59. The molecule has 4 nitrogen and oxygen atoms in total. The number of carbonyl (C=O) groups excluding carboxylic acids is 1. The molecule has 1 unspecified atom stereocenters. The van der Waals surface area contributed by atoms with E-state index in [0.29, 0.717) is 22.7 Å². The van der Waals surface area contributed by atoms with Gasteiger partial charge in [0.2, 0.25) is 6.10 Å². The third-order valence-electron chi connectivity index (χ3n) is 3.10. The summed E-state index contributed by atoms with van der Waals surface area (Å²) >= 11 is 0. The zero-order valence-corrected chi connectivity index (χ0v) is 11.2. The highest BCUT2D eigenvalue weighted by molar-refractivity contribution is 5.94. The molecular formula is C17H13NO3. The minimum Gasteiger partial charge on any atom is -0.485 e. The zero-order chi connectivity index (χ0) is 14.7. The van der Waals surface area contributed by atoms with Crippen molar-refractivity contribution in [2.24, 2.45) is 0 Å². The lowest BCUT2D eigenvalue weighted by Gasteiger charge is -2.25. The maximum Gasteiger partial charge on any atom is 0.269 e. The van der Waals surface area contributed by atoms with Gasteiger partial charge < -0.3 is 14.8 Å². The molecule has 0 spiro atoms. The molecule has 21 heavy (non-hydrogen) atoms. The Morgan fingerprint density at radius 3 is 2.81 bits per heavy atom. The van der Waals surface area contributed by atoms with Crippen LogP contribution in [0.2, 0.25) is 0 Å². The summed E-state index contributed by atoms with van der Waals surface area (Å²) in [5, 5.41) is 2.78. The largest absolute Gasteiger partial charge is 0.485 e. The van der Waals surface area contributed by atoms with Crippen molar-refractivity contribution in [3.63, 3.8) is 0 Å². The van der Waals surface area contributed by atoms with E-state index in [9.17, 15) is 4.79 Å². The molecule has 0 aromatic heterocycles. The smallest absolute Gasteiger partial charge is 0.269 e. The van der Waals surface area contributed by atoms with Crippen molar-refractivity contribution in [2.75, 3.05) is 11.9 Å². The van der Waals surface area contributed by atoms with Gasteiger partial charge in [-0.1, -0.05) is 24.1 Å². The number of carbonyl (C=O) groups is 1. The van der Waals surface area contributed by atoms with E-state index in [1.165, 1.54) is 0 Å². The van der Waals surface area contributed by atoms with Crippen LogP contribution in [0.1, 0.15) is 5.56 Å². The van der Waals surface area contributed by atoms with Crippen molar-refractivity contribution >= 4 is 11.6 Å². The van der Waals surface area contributed by atoms with Crippen LogP contribution in [-0.4, -0.2) is 18.6 Å². The average molecular weight is 279 g/mol. The van der Waals surface area contributed by atoms with Crippen LogP contribution in [0.25, 0.3) is 0 Å². The van der Waals surface area contributed by atoms with E-state index in [2.05, 4.69) is 11.2 Å². The predicted octanol–water partition coefficient (Wildman–Crippen LogP) is 2.45. The van der Waals surface area contributed by atoms with Crippen LogP contribution in [0.15, 0.2) is 48.5 Å². The number of para-hydroxylation sites is 2. The molecule has 1 aliphatic rings. The zero-order valence-electron chi connectivity index (χ0n) is 11.2. The number of nitrogens with one attached hydrogen (secondary N) is 1. The molecule has 1 heterocycles. The standard InChI is InChI=1S/C17H13NO3/c1-2-12-6-5-7-13(10-12)18-17(19)16-11-20-14-8-3-4-9-15(14)21-16/h1,3-10,16H,11H2,(H,18,19). The Morgan fingerprint density at radius 2 is 2.00 bits per heavy atom. The van der Waals surface area contributed by atoms with Crippen LogP contribution in [0.5, 0.6) is 11.5 Å². The Morgan fingerprint density at radius 1 is 1.19 bits per heavy atom. The molecule has 1 atom stereocenters. The molecule has 0 saturated carbocycles. The molecule has 1 N–H and O–H groups in total. The molecule has 0 saturated heterocycles. The summed E-state index contributed by atoms with van der Waals surface area (Å²) in [6.45, 7) is 0.178. The number of benzene rings is 2. The number of rotatable bonds is 2. The lowest BCUT2D eigenvalue weighted by Crippen LogP contribution is -2.40. The summed E-state index contributed by atoms with van der Waals surface area (Å²) in [5.41, 5.74) is 1.34. The van der Waals surface area contributed by atoms with Gasteiger partial charge in [-0.15, -0.1) is 6.42 Å². The Balaban J connectivity index is 1.71. The molecule has 1 aliphatic heterocycles. The molecule has 4 heteroatoms. The van der Waals surface area contributed by atoms with Gasteiger partial charge in [0.1, 0.15) is 6.61 Å². The van der Waals surface area contributed by atoms with Crippen LogP contribution in [0.3, 0.4) is 0 Å². The molecule has 0 bridgehead atoms. The third-order valence-corrected chi connectivity index (χ3v) is 3.10. The van der Waals surface area contributed by atoms with E-state index < -0.39 is 6.10 Å². The molecule has 2 aromatic rings. The minimum atomic E-state index is -0.686. The first-order valence-corrected chi connectivity index (χ1v) is 6.52. The van der Waals surface area contributed by atoms with E-state index in [-0.39, 0.29) is 12.5 Å². The van der Waals surface area contributed by atoms with E-state index in [1.54, 1.807) is 36.4 Å². The van der Waals surface area contributed by atoms with Gasteiger partial charge >= 0.3 is 0 Å². The van der Waals surface area contributed by atoms with Crippen molar-refractivity contribution in [1.82, 2.24) is 0 Å². The van der Waals surface area contributed by atoms with Gasteiger partial charge in [-0.05, 0) is 30.3 Å². The quantitative estimate of drug-likeness (QED) is 0.859. The fourth-order valence-electron chi connectivity index (χ4n) is 2.06. The van der Waals surface area contributed by atoms with Gasteiger partial charge in [0.05, 0.1) is 0 Å². The van der Waals surface area contributed by atoms with Crippen molar-refractivity contribution in [2.45, 2.75) is 6.10 Å². The van der Waals surface area contributed by atoms with E-state index in [1.807, 2.05) is 12.1 Å². The highest BCUT2D eigenvalue weighted by Gasteiger charge is 2.27. The van der Waals surface area contributed by atoms with Gasteiger partial charge in [-0.3, -0.25) is 4.79 Å². The molecule has 1 amide bonds. The van der Waals surface area contributed by atoms with Gasteiger partial charge in [0.25, 0.3) is 5.91 Å². The summed E-state index contributed by atoms with van der Waals surface area (Å²) in [6.07, 6.45) is 4.65. The monoisotopic (exact) mass is 279 g/mol. The first kappa shape index (κ1) is 13.1. The summed E-state index contributed by atoms with van der Waals surface area (Å²) in [7, 11) is 0. The van der Waals surface area contributed by atoms with Crippen molar-refractivity contribution in [1.29, 1.82) is 0 Å². The van der Waals surface area contributed by atoms with Crippen molar-refractivity contribution in [3.05, 3.63) is 54.1 Å². The summed E-state index contributed by atoms with van der Waals surface area (Å²) in [6, 6.07) is 14.4. The van der Waals surface area contributed by atoms with Gasteiger partial charge in [-0.25, -0.2) is 0 Å². The van der Waals surface area contributed by atoms with Gasteiger partial charge in [0, 0.05) is 11.3 Å². The molecule has 0 fully saturated rings. The van der Waals surface area contributed by atoms with Crippen LogP contribution in [-0.2, 0) is 4.79 Å². The van der Waals surface area contributed by atoms with E-state index in [0.717, 1.165) is 0 Å². The molecular weight excluding hydrogens is 266 g/mol. The Labute approximate surface area is 122 Å².